The molecule has 0 saturated heterocycles. The van der Waals surface area contributed by atoms with Gasteiger partial charge in [-0.05, 0) is 22.1 Å². The predicted molar refractivity (Wildman–Crippen MR) is 57.5 cm³/mol. The Morgan fingerprint density at radius 3 is 2.40 bits per heavy atom. The minimum absolute atomic E-state index is 0.0498. The first-order chi connectivity index (χ1) is 6.80. The van der Waals surface area contributed by atoms with Crippen LogP contribution >= 0.6 is 0 Å². The Kier molecular flexibility index (Phi) is 2.14. The van der Waals surface area contributed by atoms with Gasteiger partial charge in [-0.2, -0.15) is 0 Å². The number of fused-ring (bicyclic) bond motifs is 1. The lowest BCUT2D eigenvalue weighted by Crippen LogP contribution is -2.17. The molecule has 0 nitrogen and oxygen atoms in total. The van der Waals surface area contributed by atoms with Crippen molar-refractivity contribution in [1.82, 2.24) is 0 Å². The lowest BCUT2D eigenvalue weighted by Gasteiger charge is -2.22. The van der Waals surface area contributed by atoms with Crippen molar-refractivity contribution < 1.29 is 8.78 Å². The number of halogens is 2. The lowest BCUT2D eigenvalue weighted by atomic mass is 9.82. The first-order valence-corrected chi connectivity index (χ1v) is 5.29. The normalized spacial score (nSPS) is 19.0. The summed E-state index contributed by atoms with van der Waals surface area (Å²) in [6.07, 6.45) is -0.179. The highest BCUT2D eigenvalue weighted by atomic mass is 19.3. The topological polar surface area (TPSA) is 0 Å². The summed E-state index contributed by atoms with van der Waals surface area (Å²) < 4.78 is 26.6. The first kappa shape index (κ1) is 10.6. The van der Waals surface area contributed by atoms with E-state index in [2.05, 4.69) is 20.8 Å². The molecule has 0 atom stereocenters. The highest BCUT2D eigenvalue weighted by molar-refractivity contribution is 5.43. The minimum Gasteiger partial charge on any atom is -0.206 e. The van der Waals surface area contributed by atoms with Gasteiger partial charge in [-0.1, -0.05) is 39.0 Å². The van der Waals surface area contributed by atoms with E-state index in [0.717, 1.165) is 16.7 Å². The molecule has 1 aliphatic rings. The molecule has 0 aliphatic heterocycles. The fourth-order valence-electron chi connectivity index (χ4n) is 2.31. The zero-order chi connectivity index (χ0) is 11.3. The molecule has 1 aliphatic carbocycles. The third-order valence-corrected chi connectivity index (χ3v) is 2.97. The van der Waals surface area contributed by atoms with Crippen molar-refractivity contribution in [2.24, 2.45) is 0 Å². The van der Waals surface area contributed by atoms with Crippen LogP contribution in [-0.2, 0) is 18.3 Å². The third-order valence-electron chi connectivity index (χ3n) is 2.97. The maximum Gasteiger partial charge on any atom is 0.256 e. The number of benzene rings is 1. The molecule has 0 amide bonds. The number of alkyl halides is 2. The summed E-state index contributed by atoms with van der Waals surface area (Å²) in [4.78, 5) is 0. The van der Waals surface area contributed by atoms with E-state index in [0.29, 0.717) is 0 Å². The summed E-state index contributed by atoms with van der Waals surface area (Å²) in [6, 6.07) is 5.69. The van der Waals surface area contributed by atoms with Crippen LogP contribution in [0.5, 0.6) is 0 Å². The average molecular weight is 210 g/mol. The molecule has 0 heterocycles. The van der Waals surface area contributed by atoms with Crippen LogP contribution in [0, 0.1) is 0 Å². The molecule has 0 aromatic heterocycles. The van der Waals surface area contributed by atoms with Gasteiger partial charge in [-0.15, -0.1) is 0 Å². The Balaban J connectivity index is 2.51. The van der Waals surface area contributed by atoms with Gasteiger partial charge in [0.25, 0.3) is 5.92 Å². The molecule has 0 N–H and O–H groups in total. The Hall–Kier alpha value is -0.920. The van der Waals surface area contributed by atoms with Crippen LogP contribution in [0.1, 0.15) is 37.5 Å². The third kappa shape index (κ3) is 1.90. The summed E-state index contributed by atoms with van der Waals surface area (Å²) in [5.41, 5.74) is 2.71. The standard InChI is InChI=1S/C13H16F2/c1-12(2,3)11-6-4-5-9-7-13(14,15)8-10(9)11/h4-6H,7-8H2,1-3H3. The fourth-order valence-corrected chi connectivity index (χ4v) is 2.31. The number of hydrogen-bond donors (Lipinski definition) is 0. The number of rotatable bonds is 0. The van der Waals surface area contributed by atoms with Crippen LogP contribution in [0.4, 0.5) is 8.78 Å². The molecule has 82 valence electrons. The maximum atomic E-state index is 13.3. The second-order valence-electron chi connectivity index (χ2n) is 5.40. The molecule has 0 saturated carbocycles. The van der Waals surface area contributed by atoms with Gasteiger partial charge >= 0.3 is 0 Å². The minimum atomic E-state index is -2.54. The monoisotopic (exact) mass is 210 g/mol. The number of hydrogen-bond acceptors (Lipinski definition) is 0. The van der Waals surface area contributed by atoms with Crippen LogP contribution in [0.15, 0.2) is 18.2 Å². The van der Waals surface area contributed by atoms with Crippen LogP contribution in [0.2, 0.25) is 0 Å². The van der Waals surface area contributed by atoms with Gasteiger partial charge in [0, 0.05) is 12.8 Å². The summed E-state index contributed by atoms with van der Waals surface area (Å²) in [5, 5.41) is 0. The molecule has 1 aromatic carbocycles. The van der Waals surface area contributed by atoms with Crippen molar-refractivity contribution in [3.8, 4) is 0 Å². The second kappa shape index (κ2) is 3.03. The van der Waals surface area contributed by atoms with E-state index in [9.17, 15) is 8.78 Å². The zero-order valence-electron chi connectivity index (χ0n) is 9.40. The van der Waals surface area contributed by atoms with Crippen molar-refractivity contribution in [3.05, 3.63) is 34.9 Å². The van der Waals surface area contributed by atoms with E-state index in [1.807, 2.05) is 18.2 Å². The molecule has 0 bridgehead atoms. The molecule has 0 fully saturated rings. The van der Waals surface area contributed by atoms with Crippen molar-refractivity contribution in [2.45, 2.75) is 45.0 Å². The van der Waals surface area contributed by atoms with Crippen LogP contribution in [0.25, 0.3) is 0 Å². The molecule has 0 spiro atoms. The molecule has 15 heavy (non-hydrogen) atoms. The highest BCUT2D eigenvalue weighted by Gasteiger charge is 2.39. The Morgan fingerprint density at radius 2 is 1.80 bits per heavy atom. The van der Waals surface area contributed by atoms with E-state index in [-0.39, 0.29) is 18.3 Å². The van der Waals surface area contributed by atoms with Crippen molar-refractivity contribution in [1.29, 1.82) is 0 Å². The van der Waals surface area contributed by atoms with Crippen molar-refractivity contribution in [2.75, 3.05) is 0 Å². The summed E-state index contributed by atoms with van der Waals surface area (Å²) in [5.74, 6) is -2.54. The summed E-state index contributed by atoms with van der Waals surface area (Å²) in [7, 11) is 0. The van der Waals surface area contributed by atoms with Gasteiger partial charge in [-0.3, -0.25) is 0 Å². The smallest absolute Gasteiger partial charge is 0.206 e. The summed E-state index contributed by atoms with van der Waals surface area (Å²) >= 11 is 0. The first-order valence-electron chi connectivity index (χ1n) is 5.29. The van der Waals surface area contributed by atoms with Crippen molar-refractivity contribution >= 4 is 0 Å². The van der Waals surface area contributed by atoms with Gasteiger partial charge in [0.15, 0.2) is 0 Å². The molecular weight excluding hydrogens is 194 g/mol. The molecule has 2 rings (SSSR count). The molecule has 2 heteroatoms. The Labute approximate surface area is 89.3 Å². The molecule has 1 aromatic rings. The fraction of sp³-hybridized carbons (Fsp3) is 0.538. The molecular formula is C13H16F2. The van der Waals surface area contributed by atoms with Crippen LogP contribution < -0.4 is 0 Å². The van der Waals surface area contributed by atoms with Gasteiger partial charge < -0.3 is 0 Å². The highest BCUT2D eigenvalue weighted by Crippen LogP contribution is 2.39. The van der Waals surface area contributed by atoms with Gasteiger partial charge in [0.2, 0.25) is 0 Å². The van der Waals surface area contributed by atoms with Gasteiger partial charge in [-0.25, -0.2) is 8.78 Å². The zero-order valence-corrected chi connectivity index (χ0v) is 9.40. The average Bonchev–Trinajstić information content (AvgIpc) is 2.35. The second-order valence-corrected chi connectivity index (χ2v) is 5.40. The molecule has 0 radical (unpaired) electrons. The SMILES string of the molecule is CC(C)(C)c1cccc2c1CC(F)(F)C2. The van der Waals surface area contributed by atoms with E-state index in [1.54, 1.807) is 0 Å². The Bertz CT molecular complexity index is 386. The lowest BCUT2D eigenvalue weighted by molar-refractivity contribution is 0.0129. The largest absolute Gasteiger partial charge is 0.256 e. The van der Waals surface area contributed by atoms with Gasteiger partial charge in [0.05, 0.1) is 0 Å². The summed E-state index contributed by atoms with van der Waals surface area (Å²) in [6.45, 7) is 6.21. The molecule has 0 unspecified atom stereocenters. The van der Waals surface area contributed by atoms with E-state index in [4.69, 9.17) is 0 Å². The maximum absolute atomic E-state index is 13.3. The predicted octanol–water partition coefficient (Wildman–Crippen LogP) is 3.72. The van der Waals surface area contributed by atoms with Gasteiger partial charge in [0.1, 0.15) is 0 Å². The Morgan fingerprint density at radius 1 is 1.13 bits per heavy atom. The van der Waals surface area contributed by atoms with Crippen LogP contribution in [0.3, 0.4) is 0 Å². The van der Waals surface area contributed by atoms with Crippen LogP contribution in [-0.4, -0.2) is 5.92 Å². The van der Waals surface area contributed by atoms with E-state index < -0.39 is 5.92 Å². The van der Waals surface area contributed by atoms with Crippen molar-refractivity contribution in [3.63, 3.8) is 0 Å². The van der Waals surface area contributed by atoms with E-state index in [1.165, 1.54) is 0 Å². The quantitative estimate of drug-likeness (QED) is 0.612. The van der Waals surface area contributed by atoms with E-state index >= 15 is 0 Å².